The van der Waals surface area contributed by atoms with E-state index in [0.717, 1.165) is 15.6 Å². The first-order valence-electron chi connectivity index (χ1n) is 8.29. The Bertz CT molecular complexity index is 1150. The zero-order chi connectivity index (χ0) is 18.8. The highest BCUT2D eigenvalue weighted by molar-refractivity contribution is 9.10. The van der Waals surface area contributed by atoms with E-state index >= 15 is 0 Å². The highest BCUT2D eigenvalue weighted by Crippen LogP contribution is 2.26. The summed E-state index contributed by atoms with van der Waals surface area (Å²) in [5, 5.41) is 1.12. The highest BCUT2D eigenvalue weighted by Gasteiger charge is 2.08. The minimum Gasteiger partial charge on any atom is -0.489 e. The third-order valence-electron chi connectivity index (χ3n) is 4.15. The Kier molecular flexibility index (Phi) is 5.01. The molecule has 0 atom stereocenters. The lowest BCUT2D eigenvalue weighted by molar-refractivity contribution is 0.306. The van der Waals surface area contributed by atoms with Gasteiger partial charge in [0.25, 0.3) is 0 Å². The summed E-state index contributed by atoms with van der Waals surface area (Å²) >= 11 is 9.33. The van der Waals surface area contributed by atoms with E-state index < -0.39 is 0 Å². The van der Waals surface area contributed by atoms with Crippen molar-refractivity contribution in [1.82, 2.24) is 0 Å². The molecule has 0 saturated carbocycles. The van der Waals surface area contributed by atoms with Crippen LogP contribution < -0.4 is 10.2 Å². The minimum absolute atomic E-state index is 0.115. The van der Waals surface area contributed by atoms with Gasteiger partial charge in [0.05, 0.1) is 5.39 Å². The molecule has 4 rings (SSSR count). The zero-order valence-electron chi connectivity index (χ0n) is 14.1. The van der Waals surface area contributed by atoms with Crippen LogP contribution in [0.4, 0.5) is 0 Å². The molecule has 0 fully saturated rings. The van der Waals surface area contributed by atoms with E-state index in [1.54, 1.807) is 30.3 Å². The van der Waals surface area contributed by atoms with Crippen molar-refractivity contribution in [1.29, 1.82) is 0 Å². The Morgan fingerprint density at radius 3 is 2.41 bits per heavy atom. The number of rotatable bonds is 4. The van der Waals surface area contributed by atoms with Crippen LogP contribution in [0.3, 0.4) is 0 Å². The van der Waals surface area contributed by atoms with Crippen molar-refractivity contribution in [2.75, 3.05) is 0 Å². The van der Waals surface area contributed by atoms with Gasteiger partial charge in [-0.15, -0.1) is 0 Å². The number of halogens is 2. The summed E-state index contributed by atoms with van der Waals surface area (Å²) < 4.78 is 12.7. The summed E-state index contributed by atoms with van der Waals surface area (Å²) in [6, 6.07) is 21.8. The van der Waals surface area contributed by atoms with Crippen molar-refractivity contribution in [3.63, 3.8) is 0 Å². The van der Waals surface area contributed by atoms with Gasteiger partial charge in [-0.1, -0.05) is 39.7 Å². The molecule has 4 aromatic rings. The van der Waals surface area contributed by atoms with Crippen LogP contribution >= 0.6 is 27.5 Å². The van der Waals surface area contributed by atoms with Crippen LogP contribution in [0.15, 0.2) is 86.5 Å². The van der Waals surface area contributed by atoms with Crippen LogP contribution in [-0.2, 0) is 6.61 Å². The second-order valence-electron chi connectivity index (χ2n) is 6.05. The van der Waals surface area contributed by atoms with Crippen LogP contribution in [0.1, 0.15) is 5.56 Å². The fourth-order valence-electron chi connectivity index (χ4n) is 2.73. The molecule has 1 aromatic heterocycles. The van der Waals surface area contributed by atoms with Crippen molar-refractivity contribution in [2.24, 2.45) is 0 Å². The average molecular weight is 442 g/mol. The normalized spacial score (nSPS) is 10.9. The van der Waals surface area contributed by atoms with Gasteiger partial charge >= 0.3 is 0 Å². The topological polar surface area (TPSA) is 39.4 Å². The summed E-state index contributed by atoms with van der Waals surface area (Å²) in [5.41, 5.74) is 2.25. The van der Waals surface area contributed by atoms with Crippen molar-refractivity contribution in [3.05, 3.63) is 98.1 Å². The summed E-state index contributed by atoms with van der Waals surface area (Å²) in [4.78, 5) is 12.6. The van der Waals surface area contributed by atoms with Crippen LogP contribution in [0.2, 0.25) is 5.02 Å². The maximum Gasteiger partial charge on any atom is 0.193 e. The molecule has 0 N–H and O–H groups in total. The van der Waals surface area contributed by atoms with E-state index in [1.165, 1.54) is 6.07 Å². The van der Waals surface area contributed by atoms with Crippen LogP contribution in [0.5, 0.6) is 5.75 Å². The molecule has 0 aliphatic heterocycles. The molecule has 0 bridgehead atoms. The predicted octanol–water partition coefficient (Wildman–Crippen LogP) is 6.45. The molecule has 3 nitrogen and oxygen atoms in total. The highest BCUT2D eigenvalue weighted by atomic mass is 79.9. The first kappa shape index (κ1) is 17.8. The summed E-state index contributed by atoms with van der Waals surface area (Å²) in [5.74, 6) is 1.13. The Hall–Kier alpha value is -2.56. The molecular formula is C22H14BrClO3. The van der Waals surface area contributed by atoms with Crippen LogP contribution in [0.25, 0.3) is 22.3 Å². The van der Waals surface area contributed by atoms with E-state index in [2.05, 4.69) is 15.9 Å². The zero-order valence-corrected chi connectivity index (χ0v) is 16.5. The number of hydrogen-bond acceptors (Lipinski definition) is 3. The maximum absolute atomic E-state index is 12.6. The first-order chi connectivity index (χ1) is 13.1. The monoisotopic (exact) mass is 440 g/mol. The minimum atomic E-state index is -0.115. The Balaban J connectivity index is 1.61. The third-order valence-corrected chi connectivity index (χ3v) is 4.93. The molecule has 134 valence electrons. The summed E-state index contributed by atoms with van der Waals surface area (Å²) in [7, 11) is 0. The standard InChI is InChI=1S/C22H14BrClO3/c23-16-5-1-14(2-6-16)13-26-18-9-10-21-19(11-18)20(25)12-22(27-21)15-3-7-17(24)8-4-15/h1-12H,13H2. The Morgan fingerprint density at radius 2 is 1.67 bits per heavy atom. The van der Waals surface area contributed by atoms with Gasteiger partial charge in [-0.25, -0.2) is 0 Å². The Labute approximate surface area is 169 Å². The van der Waals surface area contributed by atoms with Gasteiger partial charge in [-0.2, -0.15) is 0 Å². The average Bonchev–Trinajstić information content (AvgIpc) is 2.68. The van der Waals surface area contributed by atoms with Crippen molar-refractivity contribution >= 4 is 38.5 Å². The maximum atomic E-state index is 12.6. The second-order valence-corrected chi connectivity index (χ2v) is 7.41. The number of hydrogen-bond donors (Lipinski definition) is 0. The van der Waals surface area contributed by atoms with Crippen molar-refractivity contribution in [2.45, 2.75) is 6.61 Å². The lowest BCUT2D eigenvalue weighted by atomic mass is 10.1. The molecule has 0 unspecified atom stereocenters. The van der Waals surface area contributed by atoms with Crippen LogP contribution in [-0.4, -0.2) is 0 Å². The fourth-order valence-corrected chi connectivity index (χ4v) is 3.12. The van der Waals surface area contributed by atoms with E-state index in [1.807, 2.05) is 36.4 Å². The van der Waals surface area contributed by atoms with Gasteiger partial charge in [0.2, 0.25) is 0 Å². The van der Waals surface area contributed by atoms with Crippen molar-refractivity contribution in [3.8, 4) is 17.1 Å². The molecule has 0 aliphatic rings. The summed E-state index contributed by atoms with van der Waals surface area (Å²) in [6.45, 7) is 0.424. The van der Waals surface area contributed by atoms with Gasteiger partial charge in [-0.05, 0) is 60.2 Å². The number of fused-ring (bicyclic) bond motifs is 1. The lowest BCUT2D eigenvalue weighted by Crippen LogP contribution is -2.01. The lowest BCUT2D eigenvalue weighted by Gasteiger charge is -2.08. The first-order valence-corrected chi connectivity index (χ1v) is 9.47. The molecule has 27 heavy (non-hydrogen) atoms. The number of benzene rings is 3. The van der Waals surface area contributed by atoms with Gasteiger partial charge in [0.15, 0.2) is 5.43 Å². The molecule has 0 radical (unpaired) electrons. The van der Waals surface area contributed by atoms with Crippen LogP contribution in [0, 0.1) is 0 Å². The van der Waals surface area contributed by atoms with Gasteiger partial charge in [0, 0.05) is 21.1 Å². The Morgan fingerprint density at radius 1 is 0.926 bits per heavy atom. The van der Waals surface area contributed by atoms with Gasteiger partial charge in [-0.3, -0.25) is 4.79 Å². The molecular weight excluding hydrogens is 428 g/mol. The largest absolute Gasteiger partial charge is 0.489 e. The van der Waals surface area contributed by atoms with E-state index in [0.29, 0.717) is 34.1 Å². The smallest absolute Gasteiger partial charge is 0.193 e. The van der Waals surface area contributed by atoms with E-state index in [4.69, 9.17) is 20.8 Å². The quantitative estimate of drug-likeness (QED) is 0.365. The van der Waals surface area contributed by atoms with Gasteiger partial charge < -0.3 is 9.15 Å². The molecule has 0 saturated heterocycles. The van der Waals surface area contributed by atoms with Gasteiger partial charge in [0.1, 0.15) is 23.7 Å². The second kappa shape index (κ2) is 7.59. The SMILES string of the molecule is O=c1cc(-c2ccc(Cl)cc2)oc2ccc(OCc3ccc(Br)cc3)cc12. The molecule has 0 amide bonds. The van der Waals surface area contributed by atoms with Crippen molar-refractivity contribution < 1.29 is 9.15 Å². The molecule has 1 heterocycles. The molecule has 0 aliphatic carbocycles. The number of ether oxygens (including phenoxy) is 1. The van der Waals surface area contributed by atoms with E-state index in [9.17, 15) is 4.79 Å². The predicted molar refractivity (Wildman–Crippen MR) is 111 cm³/mol. The fraction of sp³-hybridized carbons (Fsp3) is 0.0455. The molecule has 0 spiro atoms. The summed E-state index contributed by atoms with van der Waals surface area (Å²) in [6.07, 6.45) is 0. The molecule has 3 aromatic carbocycles. The third kappa shape index (κ3) is 4.07. The molecule has 5 heteroatoms. The van der Waals surface area contributed by atoms with E-state index in [-0.39, 0.29) is 5.43 Å².